The molecular weight excluding hydrogens is 332 g/mol. The zero-order valence-corrected chi connectivity index (χ0v) is 14.9. The summed E-state index contributed by atoms with van der Waals surface area (Å²) in [5.74, 6) is 1.54. The third kappa shape index (κ3) is 4.36. The monoisotopic (exact) mass is 352 g/mol. The van der Waals surface area contributed by atoms with Crippen LogP contribution in [0.2, 0.25) is 0 Å². The molecule has 2 heterocycles. The van der Waals surface area contributed by atoms with Crippen LogP contribution in [0.25, 0.3) is 22.6 Å². The summed E-state index contributed by atoms with van der Waals surface area (Å²) in [6, 6.07) is 26.4. The van der Waals surface area contributed by atoms with Gasteiger partial charge in [-0.25, -0.2) is 9.97 Å². The SMILES string of the molecule is c1ccc(CCNc2cc(-c3ccncc3)nc(-c3ccccc3)n2)cc1. The molecule has 0 atom stereocenters. The van der Waals surface area contributed by atoms with Gasteiger partial charge in [-0.05, 0) is 24.1 Å². The van der Waals surface area contributed by atoms with E-state index in [-0.39, 0.29) is 0 Å². The first-order valence-electron chi connectivity index (χ1n) is 9.01. The van der Waals surface area contributed by atoms with Crippen LogP contribution >= 0.6 is 0 Å². The summed E-state index contributed by atoms with van der Waals surface area (Å²) in [6.07, 6.45) is 4.50. The van der Waals surface area contributed by atoms with E-state index in [2.05, 4.69) is 34.6 Å². The third-order valence-electron chi connectivity index (χ3n) is 4.30. The number of rotatable bonds is 6. The molecule has 2 aromatic heterocycles. The van der Waals surface area contributed by atoms with Gasteiger partial charge < -0.3 is 5.32 Å². The first-order valence-corrected chi connectivity index (χ1v) is 9.01. The predicted octanol–water partition coefficient (Wildman–Crippen LogP) is 4.86. The Morgan fingerprint density at radius 3 is 2.15 bits per heavy atom. The van der Waals surface area contributed by atoms with E-state index in [1.165, 1.54) is 5.56 Å². The molecule has 4 aromatic rings. The molecule has 0 spiro atoms. The Morgan fingerprint density at radius 1 is 0.704 bits per heavy atom. The van der Waals surface area contributed by atoms with E-state index in [1.54, 1.807) is 12.4 Å². The average Bonchev–Trinajstić information content (AvgIpc) is 2.76. The highest BCUT2D eigenvalue weighted by molar-refractivity contribution is 5.67. The van der Waals surface area contributed by atoms with Crippen molar-refractivity contribution in [3.63, 3.8) is 0 Å². The van der Waals surface area contributed by atoms with Gasteiger partial charge in [0.05, 0.1) is 5.69 Å². The average molecular weight is 352 g/mol. The lowest BCUT2D eigenvalue weighted by Gasteiger charge is -2.10. The molecule has 0 aliphatic rings. The van der Waals surface area contributed by atoms with Crippen LogP contribution in [0.5, 0.6) is 0 Å². The predicted molar refractivity (Wildman–Crippen MR) is 109 cm³/mol. The van der Waals surface area contributed by atoms with Gasteiger partial charge in [0, 0.05) is 36.1 Å². The molecule has 1 N–H and O–H groups in total. The molecule has 0 aliphatic heterocycles. The maximum atomic E-state index is 4.76. The molecule has 0 saturated heterocycles. The van der Waals surface area contributed by atoms with Crippen LogP contribution in [0.15, 0.2) is 91.3 Å². The van der Waals surface area contributed by atoms with Crippen LogP contribution in [0, 0.1) is 0 Å². The van der Waals surface area contributed by atoms with E-state index in [0.29, 0.717) is 5.82 Å². The number of anilines is 1. The minimum absolute atomic E-state index is 0.715. The van der Waals surface area contributed by atoms with Gasteiger partial charge in [0.2, 0.25) is 0 Å². The van der Waals surface area contributed by atoms with Crippen molar-refractivity contribution in [2.45, 2.75) is 6.42 Å². The molecule has 132 valence electrons. The molecule has 0 amide bonds. The van der Waals surface area contributed by atoms with Crippen LogP contribution in [-0.2, 0) is 6.42 Å². The highest BCUT2D eigenvalue weighted by Gasteiger charge is 2.08. The largest absolute Gasteiger partial charge is 0.370 e. The van der Waals surface area contributed by atoms with Crippen LogP contribution in [-0.4, -0.2) is 21.5 Å². The topological polar surface area (TPSA) is 50.7 Å². The van der Waals surface area contributed by atoms with Crippen LogP contribution in [0.1, 0.15) is 5.56 Å². The Kier molecular flexibility index (Phi) is 5.16. The molecule has 4 heteroatoms. The fourth-order valence-corrected chi connectivity index (χ4v) is 2.90. The number of aromatic nitrogens is 3. The first-order chi connectivity index (χ1) is 13.4. The third-order valence-corrected chi connectivity index (χ3v) is 4.30. The normalized spacial score (nSPS) is 10.5. The van der Waals surface area contributed by atoms with E-state index in [0.717, 1.165) is 35.6 Å². The standard InChI is InChI=1S/C23H20N4/c1-3-7-18(8-4-1)11-16-25-22-17-21(19-12-14-24-15-13-19)26-23(27-22)20-9-5-2-6-10-20/h1-10,12-15,17H,11,16H2,(H,25,26,27). The summed E-state index contributed by atoms with van der Waals surface area (Å²) in [4.78, 5) is 13.6. The Bertz CT molecular complexity index is 929. The summed E-state index contributed by atoms with van der Waals surface area (Å²) in [5.41, 5.74) is 4.21. The number of hydrogen-bond acceptors (Lipinski definition) is 4. The highest BCUT2D eigenvalue weighted by atomic mass is 15.0. The van der Waals surface area contributed by atoms with Gasteiger partial charge in [0.1, 0.15) is 5.82 Å². The van der Waals surface area contributed by atoms with Crippen LogP contribution in [0.4, 0.5) is 5.82 Å². The lowest BCUT2D eigenvalue weighted by atomic mass is 10.1. The molecule has 0 bridgehead atoms. The van der Waals surface area contributed by atoms with Crippen LogP contribution < -0.4 is 5.32 Å². The van der Waals surface area contributed by atoms with Gasteiger partial charge in [-0.3, -0.25) is 4.98 Å². The Balaban J connectivity index is 1.62. The van der Waals surface area contributed by atoms with Gasteiger partial charge >= 0.3 is 0 Å². The van der Waals surface area contributed by atoms with Crippen molar-refractivity contribution >= 4 is 5.82 Å². The zero-order valence-electron chi connectivity index (χ0n) is 14.9. The number of benzene rings is 2. The maximum Gasteiger partial charge on any atom is 0.162 e. The van der Waals surface area contributed by atoms with E-state index in [4.69, 9.17) is 9.97 Å². The van der Waals surface area contributed by atoms with Crippen molar-refractivity contribution in [2.75, 3.05) is 11.9 Å². The molecule has 0 unspecified atom stereocenters. The molecule has 4 rings (SSSR count). The van der Waals surface area contributed by atoms with Crippen molar-refractivity contribution in [1.82, 2.24) is 15.0 Å². The quantitative estimate of drug-likeness (QED) is 0.538. The van der Waals surface area contributed by atoms with Crippen molar-refractivity contribution in [1.29, 1.82) is 0 Å². The van der Waals surface area contributed by atoms with Gasteiger partial charge in [-0.15, -0.1) is 0 Å². The zero-order chi connectivity index (χ0) is 18.3. The summed E-state index contributed by atoms with van der Waals surface area (Å²) in [5, 5.41) is 3.45. The number of nitrogens with one attached hydrogen (secondary N) is 1. The Morgan fingerprint density at radius 2 is 1.41 bits per heavy atom. The summed E-state index contributed by atoms with van der Waals surface area (Å²) >= 11 is 0. The van der Waals surface area contributed by atoms with Crippen LogP contribution in [0.3, 0.4) is 0 Å². The highest BCUT2D eigenvalue weighted by Crippen LogP contribution is 2.24. The minimum Gasteiger partial charge on any atom is -0.370 e. The summed E-state index contributed by atoms with van der Waals surface area (Å²) < 4.78 is 0. The maximum absolute atomic E-state index is 4.76. The lowest BCUT2D eigenvalue weighted by molar-refractivity contribution is 1.00. The van der Waals surface area contributed by atoms with Crippen molar-refractivity contribution in [2.24, 2.45) is 0 Å². The van der Waals surface area contributed by atoms with E-state index < -0.39 is 0 Å². The van der Waals surface area contributed by atoms with E-state index in [1.807, 2.05) is 54.6 Å². The van der Waals surface area contributed by atoms with Gasteiger partial charge in [0.15, 0.2) is 5.82 Å². The lowest BCUT2D eigenvalue weighted by Crippen LogP contribution is -2.07. The van der Waals surface area contributed by atoms with Gasteiger partial charge in [-0.1, -0.05) is 60.7 Å². The molecule has 2 aromatic carbocycles. The molecule has 0 fully saturated rings. The summed E-state index contributed by atoms with van der Waals surface area (Å²) in [7, 11) is 0. The number of pyridine rings is 1. The fraction of sp³-hybridized carbons (Fsp3) is 0.0870. The second-order valence-corrected chi connectivity index (χ2v) is 6.23. The smallest absolute Gasteiger partial charge is 0.162 e. The van der Waals surface area contributed by atoms with Crippen molar-refractivity contribution in [3.8, 4) is 22.6 Å². The number of hydrogen-bond donors (Lipinski definition) is 1. The number of nitrogens with zero attached hydrogens (tertiary/aromatic N) is 3. The molecule has 27 heavy (non-hydrogen) atoms. The van der Waals surface area contributed by atoms with E-state index in [9.17, 15) is 0 Å². The molecule has 4 nitrogen and oxygen atoms in total. The van der Waals surface area contributed by atoms with Crippen molar-refractivity contribution in [3.05, 3.63) is 96.8 Å². The molecular formula is C23H20N4. The van der Waals surface area contributed by atoms with E-state index >= 15 is 0 Å². The van der Waals surface area contributed by atoms with Gasteiger partial charge in [0.25, 0.3) is 0 Å². The van der Waals surface area contributed by atoms with Crippen molar-refractivity contribution < 1.29 is 0 Å². The molecule has 0 aliphatic carbocycles. The second-order valence-electron chi connectivity index (χ2n) is 6.23. The Labute approximate surface area is 159 Å². The molecule has 0 radical (unpaired) electrons. The second kappa shape index (κ2) is 8.23. The first kappa shape index (κ1) is 16.9. The summed E-state index contributed by atoms with van der Waals surface area (Å²) in [6.45, 7) is 0.811. The minimum atomic E-state index is 0.715. The fourth-order valence-electron chi connectivity index (χ4n) is 2.90. The molecule has 0 saturated carbocycles. The van der Waals surface area contributed by atoms with Gasteiger partial charge in [-0.2, -0.15) is 0 Å². The Hall–Kier alpha value is -3.53.